The quantitative estimate of drug-likeness (QED) is 0.607. The van der Waals surface area contributed by atoms with Gasteiger partial charge in [-0.25, -0.2) is 8.42 Å². The Hall–Kier alpha value is -0.580. The molecular weight excluding hydrogens is 166 g/mol. The molecule has 0 atom stereocenters. The maximum Gasteiger partial charge on any atom is 0.339 e. The molecule has 11 heavy (non-hydrogen) atoms. The summed E-state index contributed by atoms with van der Waals surface area (Å²) in [5, 5.41) is -0.695. The van der Waals surface area contributed by atoms with Gasteiger partial charge in [-0.1, -0.05) is 6.92 Å². The van der Waals surface area contributed by atoms with Gasteiger partial charge in [0.25, 0.3) is 0 Å². The lowest BCUT2D eigenvalue weighted by Gasteiger charge is -2.10. The van der Waals surface area contributed by atoms with Gasteiger partial charge in [0.15, 0.2) is 0 Å². The predicted molar refractivity (Wildman–Crippen MR) is 41.0 cm³/mol. The number of hydrogen-bond donors (Lipinski definition) is 0. The molecule has 5 heteroatoms. The van der Waals surface area contributed by atoms with Gasteiger partial charge in [0.1, 0.15) is 0 Å². The van der Waals surface area contributed by atoms with E-state index >= 15 is 0 Å². The van der Waals surface area contributed by atoms with Crippen molar-refractivity contribution in [2.24, 2.45) is 0 Å². The van der Waals surface area contributed by atoms with Crippen molar-refractivity contribution in [2.75, 3.05) is 18.8 Å². The second-order valence-electron chi connectivity index (χ2n) is 2.57. The summed E-state index contributed by atoms with van der Waals surface area (Å²) in [5.74, 6) is -0.00810. The van der Waals surface area contributed by atoms with Gasteiger partial charge in [0.05, 0.1) is 5.75 Å². The summed E-state index contributed by atoms with van der Waals surface area (Å²) < 4.78 is 21.7. The van der Waals surface area contributed by atoms with Crippen molar-refractivity contribution in [1.29, 1.82) is 0 Å². The average Bonchev–Trinajstić information content (AvgIpc) is 2.17. The number of amides is 1. The molecule has 0 radical (unpaired) electrons. The Bertz CT molecular complexity index is 257. The normalized spacial score (nSPS) is 22.6. The van der Waals surface area contributed by atoms with E-state index in [0.29, 0.717) is 13.1 Å². The van der Waals surface area contributed by atoms with E-state index in [4.69, 9.17) is 0 Å². The minimum atomic E-state index is -3.41. The van der Waals surface area contributed by atoms with Crippen LogP contribution >= 0.6 is 0 Å². The van der Waals surface area contributed by atoms with Crippen molar-refractivity contribution in [3.05, 3.63) is 0 Å². The molecule has 0 unspecified atom stereocenters. The smallest absolute Gasteiger partial charge is 0.328 e. The van der Waals surface area contributed by atoms with Crippen LogP contribution in [-0.2, 0) is 9.84 Å². The molecule has 4 nitrogen and oxygen atoms in total. The highest BCUT2D eigenvalue weighted by Crippen LogP contribution is 2.10. The number of sulfone groups is 1. The van der Waals surface area contributed by atoms with Crippen LogP contribution in [0.1, 0.15) is 13.3 Å². The fourth-order valence-electron chi connectivity index (χ4n) is 1.08. The van der Waals surface area contributed by atoms with Crippen LogP contribution < -0.4 is 0 Å². The molecule has 1 aliphatic heterocycles. The highest BCUT2D eigenvalue weighted by molar-refractivity contribution is 8.06. The van der Waals surface area contributed by atoms with E-state index in [-0.39, 0.29) is 5.75 Å². The van der Waals surface area contributed by atoms with Crippen molar-refractivity contribution in [3.8, 4) is 0 Å². The molecule has 0 saturated carbocycles. The van der Waals surface area contributed by atoms with Crippen molar-refractivity contribution in [1.82, 2.24) is 4.90 Å². The number of rotatable bonds is 2. The van der Waals surface area contributed by atoms with Crippen molar-refractivity contribution >= 4 is 15.1 Å². The molecule has 0 aromatic carbocycles. The molecule has 0 aromatic rings. The monoisotopic (exact) mass is 177 g/mol. The number of carbonyl (C=O) groups excluding carboxylic acids is 1. The highest BCUT2D eigenvalue weighted by atomic mass is 32.2. The molecule has 1 heterocycles. The number of nitrogens with zero attached hydrogens (tertiary/aromatic N) is 1. The van der Waals surface area contributed by atoms with E-state index in [0.717, 1.165) is 6.42 Å². The molecule has 1 aliphatic rings. The van der Waals surface area contributed by atoms with Crippen LogP contribution in [0.5, 0.6) is 0 Å². The van der Waals surface area contributed by atoms with Crippen molar-refractivity contribution in [3.63, 3.8) is 0 Å². The zero-order chi connectivity index (χ0) is 8.48. The van der Waals surface area contributed by atoms with Gasteiger partial charge in [0.2, 0.25) is 9.84 Å². The molecule has 0 bridgehead atoms. The summed E-state index contributed by atoms with van der Waals surface area (Å²) in [6, 6.07) is 0. The van der Waals surface area contributed by atoms with E-state index in [1.807, 2.05) is 6.92 Å². The summed E-state index contributed by atoms with van der Waals surface area (Å²) in [6.45, 7) is 2.84. The largest absolute Gasteiger partial charge is 0.339 e. The zero-order valence-corrected chi connectivity index (χ0v) is 7.23. The topological polar surface area (TPSA) is 54.5 Å². The summed E-state index contributed by atoms with van der Waals surface area (Å²) in [6.07, 6.45) is 0.807. The third kappa shape index (κ3) is 1.53. The second kappa shape index (κ2) is 2.81. The van der Waals surface area contributed by atoms with Crippen molar-refractivity contribution in [2.45, 2.75) is 13.3 Å². The van der Waals surface area contributed by atoms with Gasteiger partial charge in [-0.3, -0.25) is 4.79 Å². The van der Waals surface area contributed by atoms with E-state index in [1.54, 1.807) is 0 Å². The van der Waals surface area contributed by atoms with Gasteiger partial charge < -0.3 is 4.90 Å². The van der Waals surface area contributed by atoms with Gasteiger partial charge in [0, 0.05) is 13.1 Å². The molecule has 1 saturated heterocycles. The van der Waals surface area contributed by atoms with Gasteiger partial charge >= 0.3 is 5.24 Å². The number of carbonyl (C=O) groups is 1. The fraction of sp³-hybridized carbons (Fsp3) is 0.833. The Labute approximate surface area is 66.1 Å². The minimum Gasteiger partial charge on any atom is -0.328 e. The molecule has 0 aromatic heterocycles. The van der Waals surface area contributed by atoms with E-state index in [9.17, 15) is 13.2 Å². The first-order chi connectivity index (χ1) is 5.08. The summed E-state index contributed by atoms with van der Waals surface area (Å²) in [5.41, 5.74) is 0. The number of hydrogen-bond acceptors (Lipinski definition) is 3. The van der Waals surface area contributed by atoms with E-state index in [2.05, 4.69) is 0 Å². The van der Waals surface area contributed by atoms with Crippen LogP contribution in [0.2, 0.25) is 0 Å². The van der Waals surface area contributed by atoms with E-state index < -0.39 is 15.1 Å². The van der Waals surface area contributed by atoms with Crippen LogP contribution in [0.15, 0.2) is 0 Å². The minimum absolute atomic E-state index is 0.00810. The Morgan fingerprint density at radius 3 is 2.55 bits per heavy atom. The van der Waals surface area contributed by atoms with Crippen LogP contribution in [0.4, 0.5) is 4.79 Å². The van der Waals surface area contributed by atoms with Crippen LogP contribution in [0, 0.1) is 0 Å². The first-order valence-corrected chi connectivity index (χ1v) is 5.25. The molecule has 64 valence electrons. The summed E-state index contributed by atoms with van der Waals surface area (Å²) in [7, 11) is -3.41. The Morgan fingerprint density at radius 1 is 1.55 bits per heavy atom. The molecule has 0 N–H and O–H groups in total. The SMILES string of the molecule is CCCN1CCS(=O)(=O)C1=O. The standard InChI is InChI=1S/C6H11NO3S/c1-2-3-7-4-5-11(9,10)6(7)8/h2-5H2,1H3. The van der Waals surface area contributed by atoms with Crippen LogP contribution in [0.3, 0.4) is 0 Å². The fourth-order valence-corrected chi connectivity index (χ4v) is 2.29. The Kier molecular flexibility index (Phi) is 2.17. The molecule has 0 spiro atoms. The lowest BCUT2D eigenvalue weighted by Crippen LogP contribution is -2.26. The van der Waals surface area contributed by atoms with Crippen molar-refractivity contribution < 1.29 is 13.2 Å². The Balaban J connectivity index is 2.72. The third-order valence-electron chi connectivity index (χ3n) is 1.65. The second-order valence-corrected chi connectivity index (χ2v) is 4.56. The third-order valence-corrected chi connectivity index (χ3v) is 3.16. The van der Waals surface area contributed by atoms with Crippen LogP contribution in [-0.4, -0.2) is 37.4 Å². The van der Waals surface area contributed by atoms with Gasteiger partial charge in [-0.2, -0.15) is 0 Å². The Morgan fingerprint density at radius 2 is 2.18 bits per heavy atom. The van der Waals surface area contributed by atoms with E-state index in [1.165, 1.54) is 4.90 Å². The lowest BCUT2D eigenvalue weighted by molar-refractivity contribution is 0.228. The predicted octanol–water partition coefficient (Wildman–Crippen LogP) is 0.247. The molecule has 1 fully saturated rings. The van der Waals surface area contributed by atoms with Gasteiger partial charge in [-0.15, -0.1) is 0 Å². The lowest BCUT2D eigenvalue weighted by atomic mass is 10.4. The molecule has 1 rings (SSSR count). The average molecular weight is 177 g/mol. The first kappa shape index (κ1) is 8.52. The molecule has 1 amide bonds. The summed E-state index contributed by atoms with van der Waals surface area (Å²) in [4.78, 5) is 12.3. The molecule has 0 aliphatic carbocycles. The maximum absolute atomic E-state index is 11.0. The zero-order valence-electron chi connectivity index (χ0n) is 6.41. The molecular formula is C6H11NO3S. The maximum atomic E-state index is 11.0. The van der Waals surface area contributed by atoms with Crippen LogP contribution in [0.25, 0.3) is 0 Å². The van der Waals surface area contributed by atoms with Gasteiger partial charge in [-0.05, 0) is 6.42 Å². The summed E-state index contributed by atoms with van der Waals surface area (Å²) >= 11 is 0. The highest BCUT2D eigenvalue weighted by Gasteiger charge is 2.34. The first-order valence-electron chi connectivity index (χ1n) is 3.59.